The summed E-state index contributed by atoms with van der Waals surface area (Å²) in [5.41, 5.74) is 6.72. The molecule has 1 aliphatic rings. The Morgan fingerprint density at radius 3 is 2.35 bits per heavy atom. The van der Waals surface area contributed by atoms with E-state index >= 15 is 0 Å². The lowest BCUT2D eigenvalue weighted by Crippen LogP contribution is -2.24. The lowest BCUT2D eigenvalue weighted by Gasteiger charge is -2.36. The number of fused-ring (bicyclic) bond motifs is 1. The number of allylic oxidation sites excluding steroid dienone is 2. The van der Waals surface area contributed by atoms with Crippen LogP contribution in [-0.4, -0.2) is 26.2 Å². The normalized spacial score (nSPS) is 14.6. The number of anilines is 2. The van der Waals surface area contributed by atoms with Gasteiger partial charge in [0.05, 0.1) is 25.0 Å². The molecule has 0 fully saturated rings. The predicted octanol–water partition coefficient (Wildman–Crippen LogP) is 6.75. The molecule has 0 aromatic heterocycles. The largest absolute Gasteiger partial charge is 0.495 e. The lowest BCUT2D eigenvalue weighted by atomic mass is 9.71. The third kappa shape index (κ3) is 4.48. The number of hydrogen-bond donors (Lipinski definition) is 0. The summed E-state index contributed by atoms with van der Waals surface area (Å²) in [6.45, 7) is 14.2. The van der Waals surface area contributed by atoms with Gasteiger partial charge in [-0.05, 0) is 84.7 Å². The summed E-state index contributed by atoms with van der Waals surface area (Å²) in [6, 6.07) is 12.1. The van der Waals surface area contributed by atoms with E-state index in [2.05, 4.69) is 57.7 Å². The summed E-state index contributed by atoms with van der Waals surface area (Å²) >= 11 is 0. The second-order valence-corrected chi connectivity index (χ2v) is 8.98. The van der Waals surface area contributed by atoms with Gasteiger partial charge in [0.1, 0.15) is 5.75 Å². The van der Waals surface area contributed by atoms with Crippen LogP contribution in [0.3, 0.4) is 0 Å². The lowest BCUT2D eigenvalue weighted by molar-refractivity contribution is 0.0526. The van der Waals surface area contributed by atoms with E-state index < -0.39 is 0 Å². The Morgan fingerprint density at radius 2 is 1.81 bits per heavy atom. The van der Waals surface area contributed by atoms with Crippen molar-refractivity contribution in [2.24, 2.45) is 5.92 Å². The molecule has 31 heavy (non-hydrogen) atoms. The first kappa shape index (κ1) is 22.9. The zero-order valence-electron chi connectivity index (χ0n) is 19.9. The van der Waals surface area contributed by atoms with Gasteiger partial charge in [-0.25, -0.2) is 4.79 Å². The van der Waals surface area contributed by atoms with Crippen molar-refractivity contribution in [1.82, 2.24) is 0 Å². The van der Waals surface area contributed by atoms with Crippen molar-refractivity contribution in [2.75, 3.05) is 25.2 Å². The highest BCUT2D eigenvalue weighted by molar-refractivity contribution is 5.90. The van der Waals surface area contributed by atoms with E-state index in [1.165, 1.54) is 16.7 Å². The minimum absolute atomic E-state index is 0.0673. The summed E-state index contributed by atoms with van der Waals surface area (Å²) in [4.78, 5) is 14.3. The molecule has 0 aliphatic heterocycles. The molecule has 0 N–H and O–H groups in total. The Labute approximate surface area is 186 Å². The molecule has 0 amide bonds. The second kappa shape index (κ2) is 9.17. The second-order valence-electron chi connectivity index (χ2n) is 8.98. The maximum atomic E-state index is 12.0. The molecular weight excluding hydrogens is 386 g/mol. The molecule has 1 aliphatic carbocycles. The molecule has 2 aromatic rings. The summed E-state index contributed by atoms with van der Waals surface area (Å²) in [6.07, 6.45) is 3.43. The van der Waals surface area contributed by atoms with Gasteiger partial charge in [-0.1, -0.05) is 33.8 Å². The van der Waals surface area contributed by atoms with E-state index in [1.807, 2.05) is 31.2 Å². The standard InChI is InChI=1S/C27H35NO3/c1-8-28(20-12-10-19(11-13-20)26(29)31-9-2)24-16-22-21(18(3)4)14-15-27(5,6)23(22)17-25(24)30-7/h10-14,16-18H,8-9,15H2,1-7H3. The van der Waals surface area contributed by atoms with Crippen LogP contribution in [-0.2, 0) is 10.2 Å². The molecule has 2 aromatic carbocycles. The average Bonchev–Trinajstić information content (AvgIpc) is 2.74. The fraction of sp³-hybridized carbons (Fsp3) is 0.444. The number of hydrogen-bond acceptors (Lipinski definition) is 4. The van der Waals surface area contributed by atoms with Gasteiger partial charge in [0.15, 0.2) is 0 Å². The maximum absolute atomic E-state index is 12.0. The van der Waals surface area contributed by atoms with Crippen LogP contribution in [0.5, 0.6) is 5.75 Å². The highest BCUT2D eigenvalue weighted by Crippen LogP contribution is 2.47. The van der Waals surface area contributed by atoms with Crippen molar-refractivity contribution in [3.8, 4) is 5.75 Å². The summed E-state index contributed by atoms with van der Waals surface area (Å²) in [5.74, 6) is 1.03. The maximum Gasteiger partial charge on any atom is 0.338 e. The summed E-state index contributed by atoms with van der Waals surface area (Å²) < 4.78 is 11.0. The number of benzene rings is 2. The quantitative estimate of drug-likeness (QED) is 0.464. The number of esters is 1. The van der Waals surface area contributed by atoms with Gasteiger partial charge in [0.25, 0.3) is 0 Å². The van der Waals surface area contributed by atoms with E-state index in [4.69, 9.17) is 9.47 Å². The molecule has 0 saturated carbocycles. The van der Waals surface area contributed by atoms with Gasteiger partial charge in [-0.15, -0.1) is 0 Å². The number of methoxy groups -OCH3 is 1. The fourth-order valence-corrected chi connectivity index (χ4v) is 4.36. The molecule has 0 unspecified atom stereocenters. The van der Waals surface area contributed by atoms with E-state index in [0.717, 1.165) is 30.1 Å². The summed E-state index contributed by atoms with van der Waals surface area (Å²) in [5, 5.41) is 0. The van der Waals surface area contributed by atoms with Gasteiger partial charge in [0.2, 0.25) is 0 Å². The van der Waals surface area contributed by atoms with Crippen molar-refractivity contribution in [3.63, 3.8) is 0 Å². The highest BCUT2D eigenvalue weighted by Gasteiger charge is 2.31. The van der Waals surface area contributed by atoms with Crippen LogP contribution >= 0.6 is 0 Å². The molecule has 0 radical (unpaired) electrons. The van der Waals surface area contributed by atoms with Crippen molar-refractivity contribution in [1.29, 1.82) is 0 Å². The highest BCUT2D eigenvalue weighted by atomic mass is 16.5. The first-order chi connectivity index (χ1) is 14.7. The van der Waals surface area contributed by atoms with Gasteiger partial charge in [-0.3, -0.25) is 0 Å². The van der Waals surface area contributed by atoms with Crippen molar-refractivity contribution in [3.05, 3.63) is 59.2 Å². The number of rotatable bonds is 7. The van der Waals surface area contributed by atoms with Gasteiger partial charge in [0, 0.05) is 12.2 Å². The van der Waals surface area contributed by atoms with Crippen molar-refractivity contribution < 1.29 is 14.3 Å². The molecular formula is C27H35NO3. The molecule has 3 rings (SSSR count). The number of nitrogens with zero attached hydrogens (tertiary/aromatic N) is 1. The molecule has 0 atom stereocenters. The fourth-order valence-electron chi connectivity index (χ4n) is 4.36. The molecule has 0 heterocycles. The van der Waals surface area contributed by atoms with E-state index in [-0.39, 0.29) is 11.4 Å². The van der Waals surface area contributed by atoms with E-state index in [9.17, 15) is 4.79 Å². The number of carbonyl (C=O) groups excluding carboxylic acids is 1. The van der Waals surface area contributed by atoms with Crippen molar-refractivity contribution >= 4 is 22.9 Å². The number of ether oxygens (including phenoxy) is 2. The Hall–Kier alpha value is -2.75. The van der Waals surface area contributed by atoms with E-state index in [1.54, 1.807) is 7.11 Å². The van der Waals surface area contributed by atoms with Crippen LogP contribution in [0.25, 0.3) is 5.57 Å². The first-order valence-corrected chi connectivity index (χ1v) is 11.2. The summed E-state index contributed by atoms with van der Waals surface area (Å²) in [7, 11) is 1.73. The topological polar surface area (TPSA) is 38.8 Å². The van der Waals surface area contributed by atoms with Crippen LogP contribution < -0.4 is 9.64 Å². The molecule has 0 bridgehead atoms. The van der Waals surface area contributed by atoms with Gasteiger partial charge in [-0.2, -0.15) is 0 Å². The Morgan fingerprint density at radius 1 is 1.13 bits per heavy atom. The zero-order valence-corrected chi connectivity index (χ0v) is 19.9. The minimum atomic E-state index is -0.294. The predicted molar refractivity (Wildman–Crippen MR) is 129 cm³/mol. The molecule has 166 valence electrons. The van der Waals surface area contributed by atoms with Crippen molar-refractivity contribution in [2.45, 2.75) is 53.4 Å². The van der Waals surface area contributed by atoms with Crippen LogP contribution in [0.2, 0.25) is 0 Å². The van der Waals surface area contributed by atoms with Crippen LogP contribution in [0.1, 0.15) is 69.4 Å². The van der Waals surface area contributed by atoms with Crippen LogP contribution in [0, 0.1) is 5.92 Å². The Bertz CT molecular complexity index is 971. The average molecular weight is 422 g/mol. The monoisotopic (exact) mass is 421 g/mol. The van der Waals surface area contributed by atoms with Crippen LogP contribution in [0.15, 0.2) is 42.5 Å². The van der Waals surface area contributed by atoms with Crippen LogP contribution in [0.4, 0.5) is 11.4 Å². The molecule has 0 spiro atoms. The third-order valence-electron chi connectivity index (χ3n) is 6.11. The zero-order chi connectivity index (χ0) is 22.8. The molecule has 0 saturated heterocycles. The smallest absolute Gasteiger partial charge is 0.338 e. The SMILES string of the molecule is CCOC(=O)c1ccc(N(CC)c2cc3c(cc2OC)C(C)(C)CC=C3C(C)C)cc1. The third-order valence-corrected chi connectivity index (χ3v) is 6.11. The van der Waals surface area contributed by atoms with Gasteiger partial charge >= 0.3 is 5.97 Å². The van der Waals surface area contributed by atoms with Gasteiger partial charge < -0.3 is 14.4 Å². The minimum Gasteiger partial charge on any atom is -0.495 e. The Balaban J connectivity index is 2.09. The first-order valence-electron chi connectivity index (χ1n) is 11.2. The van der Waals surface area contributed by atoms with E-state index in [0.29, 0.717) is 18.1 Å². The molecule has 4 heteroatoms. The number of carbonyl (C=O) groups is 1. The molecule has 4 nitrogen and oxygen atoms in total. The Kier molecular flexibility index (Phi) is 6.78.